The first-order valence-corrected chi connectivity index (χ1v) is 8.79. The summed E-state index contributed by atoms with van der Waals surface area (Å²) in [7, 11) is 2.13. The minimum atomic E-state index is 0.546. The molecule has 2 aromatic rings. The zero-order valence-corrected chi connectivity index (χ0v) is 13.4. The van der Waals surface area contributed by atoms with Crippen molar-refractivity contribution >= 4 is 21.4 Å². The Bertz CT molecular complexity index is 518. The highest BCUT2D eigenvalue weighted by atomic mass is 32.1. The lowest BCUT2D eigenvalue weighted by Gasteiger charge is -2.33. The van der Waals surface area contributed by atoms with Gasteiger partial charge in [-0.1, -0.05) is 44.4 Å². The Kier molecular flexibility index (Phi) is 4.42. The molecule has 1 aromatic carbocycles. The zero-order valence-electron chi connectivity index (χ0n) is 12.6. The third kappa shape index (κ3) is 2.77. The Morgan fingerprint density at radius 1 is 1.20 bits per heavy atom. The highest BCUT2D eigenvalue weighted by molar-refractivity contribution is 7.19. The van der Waals surface area contributed by atoms with Gasteiger partial charge in [0.2, 0.25) is 0 Å². The molecule has 0 amide bonds. The summed E-state index contributed by atoms with van der Waals surface area (Å²) in [5, 5.41) is 4.99. The van der Waals surface area contributed by atoms with Gasteiger partial charge in [-0.25, -0.2) is 0 Å². The Hall–Kier alpha value is -0.860. The molecule has 1 aliphatic carbocycles. The second-order valence-corrected chi connectivity index (χ2v) is 7.26. The van der Waals surface area contributed by atoms with E-state index in [1.54, 1.807) is 0 Å². The summed E-state index contributed by atoms with van der Waals surface area (Å²) in [6.45, 7) is 2.34. The quantitative estimate of drug-likeness (QED) is 0.796. The van der Waals surface area contributed by atoms with Crippen molar-refractivity contribution in [1.29, 1.82) is 0 Å². The molecule has 3 rings (SSSR count). The van der Waals surface area contributed by atoms with E-state index in [-0.39, 0.29) is 0 Å². The monoisotopic (exact) mass is 287 g/mol. The van der Waals surface area contributed by atoms with Gasteiger partial charge in [-0.3, -0.25) is 0 Å². The minimum absolute atomic E-state index is 0.546. The molecule has 1 fully saturated rings. The van der Waals surface area contributed by atoms with E-state index >= 15 is 0 Å². The van der Waals surface area contributed by atoms with Crippen molar-refractivity contribution in [3.63, 3.8) is 0 Å². The molecule has 108 valence electrons. The van der Waals surface area contributed by atoms with Crippen LogP contribution in [0.5, 0.6) is 0 Å². The lowest BCUT2D eigenvalue weighted by atomic mass is 9.77. The van der Waals surface area contributed by atoms with Gasteiger partial charge >= 0.3 is 0 Å². The lowest BCUT2D eigenvalue weighted by molar-refractivity contribution is 0.226. The maximum absolute atomic E-state index is 3.59. The number of fused-ring (bicyclic) bond motifs is 1. The van der Waals surface area contributed by atoms with E-state index < -0.39 is 0 Å². The highest BCUT2D eigenvalue weighted by Crippen LogP contribution is 2.40. The number of hydrogen-bond donors (Lipinski definition) is 1. The molecule has 1 nitrogen and oxygen atoms in total. The second kappa shape index (κ2) is 6.28. The van der Waals surface area contributed by atoms with Crippen LogP contribution in [0.25, 0.3) is 10.1 Å². The Morgan fingerprint density at radius 2 is 1.95 bits per heavy atom. The fourth-order valence-corrected chi connectivity index (χ4v) is 4.96. The van der Waals surface area contributed by atoms with Crippen molar-refractivity contribution in [3.05, 3.63) is 35.2 Å². The van der Waals surface area contributed by atoms with Crippen molar-refractivity contribution in [2.24, 2.45) is 11.8 Å². The maximum atomic E-state index is 3.59. The zero-order chi connectivity index (χ0) is 13.9. The normalized spacial score (nSPS) is 24.9. The first kappa shape index (κ1) is 14.1. The Balaban J connectivity index is 1.79. The van der Waals surface area contributed by atoms with Crippen molar-refractivity contribution in [3.8, 4) is 0 Å². The van der Waals surface area contributed by atoms with E-state index in [4.69, 9.17) is 0 Å². The molecule has 0 saturated heterocycles. The topological polar surface area (TPSA) is 12.0 Å². The smallest absolute Gasteiger partial charge is 0.0441 e. The predicted octanol–water partition coefficient (Wildman–Crippen LogP) is 5.38. The summed E-state index contributed by atoms with van der Waals surface area (Å²) in [5.41, 5.74) is 0. The summed E-state index contributed by atoms with van der Waals surface area (Å²) in [5.74, 6) is 1.79. The molecule has 1 unspecified atom stereocenters. The van der Waals surface area contributed by atoms with Crippen LogP contribution in [-0.4, -0.2) is 7.05 Å². The summed E-state index contributed by atoms with van der Waals surface area (Å²) >= 11 is 1.97. The van der Waals surface area contributed by atoms with Crippen LogP contribution in [0.1, 0.15) is 49.9 Å². The van der Waals surface area contributed by atoms with Gasteiger partial charge in [-0.15, -0.1) is 11.3 Å². The average molecular weight is 287 g/mol. The largest absolute Gasteiger partial charge is 0.312 e. The molecule has 1 saturated carbocycles. The van der Waals surface area contributed by atoms with Crippen LogP contribution in [0, 0.1) is 11.8 Å². The minimum Gasteiger partial charge on any atom is -0.312 e. The van der Waals surface area contributed by atoms with E-state index in [1.807, 2.05) is 11.3 Å². The molecule has 1 aromatic heterocycles. The van der Waals surface area contributed by atoms with Gasteiger partial charge in [0.1, 0.15) is 0 Å². The van der Waals surface area contributed by atoms with Crippen LogP contribution in [-0.2, 0) is 0 Å². The van der Waals surface area contributed by atoms with Crippen LogP contribution < -0.4 is 5.32 Å². The van der Waals surface area contributed by atoms with Gasteiger partial charge in [-0.2, -0.15) is 0 Å². The molecule has 1 aliphatic rings. The Morgan fingerprint density at radius 3 is 2.60 bits per heavy atom. The van der Waals surface area contributed by atoms with E-state index in [0.29, 0.717) is 6.04 Å². The third-order valence-electron chi connectivity index (χ3n) is 5.00. The first-order valence-electron chi connectivity index (χ1n) is 7.97. The number of nitrogens with one attached hydrogen (secondary N) is 1. The van der Waals surface area contributed by atoms with Crippen LogP contribution in [0.15, 0.2) is 30.3 Å². The van der Waals surface area contributed by atoms with E-state index in [2.05, 4.69) is 49.6 Å². The van der Waals surface area contributed by atoms with Crippen molar-refractivity contribution in [1.82, 2.24) is 5.32 Å². The predicted molar refractivity (Wildman–Crippen MR) is 89.4 cm³/mol. The number of rotatable bonds is 4. The fourth-order valence-electron chi connectivity index (χ4n) is 3.70. The molecule has 1 atom stereocenters. The SMILES string of the molecule is CCC1CCC(C(NC)c2cc3ccccc3s2)CC1. The third-order valence-corrected chi connectivity index (χ3v) is 6.20. The van der Waals surface area contributed by atoms with Crippen molar-refractivity contribution in [2.75, 3.05) is 7.05 Å². The molecular formula is C18H25NS. The van der Waals surface area contributed by atoms with Crippen molar-refractivity contribution < 1.29 is 0 Å². The molecule has 2 heteroatoms. The van der Waals surface area contributed by atoms with Crippen LogP contribution in [0.2, 0.25) is 0 Å². The average Bonchev–Trinajstić information content (AvgIpc) is 2.92. The van der Waals surface area contributed by atoms with Crippen molar-refractivity contribution in [2.45, 2.75) is 45.1 Å². The molecule has 0 spiro atoms. The van der Waals surface area contributed by atoms with E-state index in [0.717, 1.165) is 11.8 Å². The van der Waals surface area contributed by atoms with Crippen LogP contribution >= 0.6 is 11.3 Å². The number of hydrogen-bond acceptors (Lipinski definition) is 2. The summed E-state index contributed by atoms with van der Waals surface area (Å²) in [6.07, 6.45) is 6.98. The summed E-state index contributed by atoms with van der Waals surface area (Å²) < 4.78 is 1.42. The molecule has 0 bridgehead atoms. The fraction of sp³-hybridized carbons (Fsp3) is 0.556. The van der Waals surface area contributed by atoms with E-state index in [9.17, 15) is 0 Å². The summed E-state index contributed by atoms with van der Waals surface area (Å²) in [4.78, 5) is 1.52. The first-order chi connectivity index (χ1) is 9.81. The van der Waals surface area contributed by atoms with Crippen LogP contribution in [0.4, 0.5) is 0 Å². The van der Waals surface area contributed by atoms with Gasteiger partial charge in [-0.05, 0) is 49.2 Å². The molecule has 0 radical (unpaired) electrons. The number of benzene rings is 1. The lowest BCUT2D eigenvalue weighted by Crippen LogP contribution is -2.28. The number of thiophene rings is 1. The van der Waals surface area contributed by atoms with E-state index in [1.165, 1.54) is 47.1 Å². The highest BCUT2D eigenvalue weighted by Gasteiger charge is 2.28. The van der Waals surface area contributed by atoms with Crippen LogP contribution in [0.3, 0.4) is 0 Å². The summed E-state index contributed by atoms with van der Waals surface area (Å²) in [6, 6.07) is 11.7. The molecule has 1 N–H and O–H groups in total. The molecule has 20 heavy (non-hydrogen) atoms. The Labute approximate surface area is 126 Å². The van der Waals surface area contributed by atoms with Gasteiger partial charge in [0, 0.05) is 15.6 Å². The second-order valence-electron chi connectivity index (χ2n) is 6.14. The maximum Gasteiger partial charge on any atom is 0.0441 e. The van der Waals surface area contributed by atoms with Gasteiger partial charge < -0.3 is 5.32 Å². The van der Waals surface area contributed by atoms with Gasteiger partial charge in [0.15, 0.2) is 0 Å². The standard InChI is InChI=1S/C18H25NS/c1-3-13-8-10-14(11-9-13)18(19-2)17-12-15-6-4-5-7-16(15)20-17/h4-7,12-14,18-19H,3,8-11H2,1-2H3. The molecule has 1 heterocycles. The molecular weight excluding hydrogens is 262 g/mol. The van der Waals surface area contributed by atoms with Gasteiger partial charge in [0.05, 0.1) is 0 Å². The molecule has 0 aliphatic heterocycles. The van der Waals surface area contributed by atoms with Gasteiger partial charge in [0.25, 0.3) is 0 Å².